The maximum absolute atomic E-state index is 11.8. The first kappa shape index (κ1) is 16.3. The van der Waals surface area contributed by atoms with Gasteiger partial charge in [0.2, 0.25) is 5.91 Å². The average molecular weight is 359 g/mol. The molecule has 1 aliphatic heterocycles. The Morgan fingerprint density at radius 1 is 1.15 bits per heavy atom. The molecule has 1 aromatic heterocycles. The van der Waals surface area contributed by atoms with Crippen molar-refractivity contribution >= 4 is 33.8 Å². The van der Waals surface area contributed by atoms with E-state index in [-0.39, 0.29) is 11.1 Å². The van der Waals surface area contributed by atoms with E-state index in [0.717, 1.165) is 39.4 Å². The predicted molar refractivity (Wildman–Crippen MR) is 101 cm³/mol. The van der Waals surface area contributed by atoms with E-state index in [0.29, 0.717) is 12.0 Å². The van der Waals surface area contributed by atoms with Gasteiger partial charge in [-0.15, -0.1) is 0 Å². The number of nitrogens with one attached hydrogen (secondary N) is 1. The van der Waals surface area contributed by atoms with E-state index in [1.165, 1.54) is 0 Å². The Kier molecular flexibility index (Phi) is 4.15. The molecular weight excluding hydrogens is 346 g/mol. The van der Waals surface area contributed by atoms with Crippen molar-refractivity contribution < 1.29 is 9.59 Å². The van der Waals surface area contributed by atoms with Crippen LogP contribution in [0.15, 0.2) is 54.7 Å². The first-order valence-electron chi connectivity index (χ1n) is 8.04. The average Bonchev–Trinajstić information content (AvgIpc) is 2.98. The zero-order valence-electron chi connectivity index (χ0n) is 13.6. The van der Waals surface area contributed by atoms with Gasteiger partial charge in [0.05, 0.1) is 16.3 Å². The number of nitrogens with zero attached hydrogens (tertiary/aromatic N) is 2. The van der Waals surface area contributed by atoms with Crippen molar-refractivity contribution in [3.05, 3.63) is 65.9 Å². The highest BCUT2D eigenvalue weighted by Gasteiger charge is 2.31. The highest BCUT2D eigenvalue weighted by molar-refractivity contribution is 8.15. The summed E-state index contributed by atoms with van der Waals surface area (Å²) in [7, 11) is 0. The minimum atomic E-state index is -0.424. The van der Waals surface area contributed by atoms with Gasteiger partial charge < -0.3 is 0 Å². The van der Waals surface area contributed by atoms with Gasteiger partial charge in [-0.3, -0.25) is 19.9 Å². The summed E-state index contributed by atoms with van der Waals surface area (Å²) in [5.74, 6) is -0.257. The fourth-order valence-corrected chi connectivity index (χ4v) is 3.97. The molecule has 6 heteroatoms. The van der Waals surface area contributed by atoms with Crippen LogP contribution >= 0.6 is 11.8 Å². The van der Waals surface area contributed by atoms with Crippen molar-refractivity contribution in [2.45, 2.75) is 11.7 Å². The molecule has 3 aromatic rings. The van der Waals surface area contributed by atoms with E-state index in [9.17, 15) is 14.9 Å². The van der Waals surface area contributed by atoms with Crippen LogP contribution in [0.3, 0.4) is 0 Å². The van der Waals surface area contributed by atoms with Crippen LogP contribution in [0.5, 0.6) is 0 Å². The molecule has 1 N–H and O–H groups in total. The van der Waals surface area contributed by atoms with Gasteiger partial charge in [0.15, 0.2) is 0 Å². The number of imide groups is 1. The molecule has 0 unspecified atom stereocenters. The van der Waals surface area contributed by atoms with Crippen LogP contribution in [0.4, 0.5) is 4.79 Å². The molecule has 0 aliphatic carbocycles. The van der Waals surface area contributed by atoms with E-state index in [2.05, 4.69) is 16.4 Å². The molecule has 0 spiro atoms. The maximum atomic E-state index is 11.8. The maximum Gasteiger partial charge on any atom is 0.286 e. The standard InChI is InChI=1S/C20H13N3O2S/c21-10-14-11-22-16-7-6-12(9-17-19(24)23-20(25)26-17)8-15(16)18(14)13-4-2-1-3-5-13/h1-8,11,17H,9H2,(H,23,24,25)/t17-/m1/s1. The molecular formula is C20H13N3O2S. The number of pyridine rings is 1. The molecule has 5 nitrogen and oxygen atoms in total. The number of aromatic nitrogens is 1. The Labute approximate surface area is 154 Å². The molecule has 2 heterocycles. The van der Waals surface area contributed by atoms with E-state index >= 15 is 0 Å². The Morgan fingerprint density at radius 2 is 1.96 bits per heavy atom. The van der Waals surface area contributed by atoms with Crippen molar-refractivity contribution in [2.75, 3.05) is 0 Å². The fraction of sp³-hybridized carbons (Fsp3) is 0.100. The molecule has 26 heavy (non-hydrogen) atoms. The number of amides is 2. The molecule has 2 amide bonds. The first-order valence-corrected chi connectivity index (χ1v) is 8.92. The van der Waals surface area contributed by atoms with Crippen LogP contribution in [0.2, 0.25) is 0 Å². The number of carbonyl (C=O) groups excluding carboxylic acids is 2. The first-order chi connectivity index (χ1) is 12.7. The van der Waals surface area contributed by atoms with E-state index in [1.54, 1.807) is 6.20 Å². The predicted octanol–water partition coefficient (Wildman–Crippen LogP) is 3.67. The summed E-state index contributed by atoms with van der Waals surface area (Å²) in [5, 5.41) is 12.0. The van der Waals surface area contributed by atoms with Gasteiger partial charge in [0.1, 0.15) is 6.07 Å². The van der Waals surface area contributed by atoms with E-state index < -0.39 is 5.25 Å². The Balaban J connectivity index is 1.83. The summed E-state index contributed by atoms with van der Waals surface area (Å²) in [6.07, 6.45) is 2.03. The monoisotopic (exact) mass is 359 g/mol. The number of rotatable bonds is 3. The van der Waals surface area contributed by atoms with Crippen molar-refractivity contribution in [3.8, 4) is 17.2 Å². The topological polar surface area (TPSA) is 82.8 Å². The van der Waals surface area contributed by atoms with Crippen LogP contribution in [0, 0.1) is 11.3 Å². The van der Waals surface area contributed by atoms with Crippen LogP contribution in [0.1, 0.15) is 11.1 Å². The van der Waals surface area contributed by atoms with E-state index in [1.807, 2.05) is 48.5 Å². The third-order valence-electron chi connectivity index (χ3n) is 4.30. The van der Waals surface area contributed by atoms with Gasteiger partial charge in [-0.2, -0.15) is 5.26 Å². The van der Waals surface area contributed by atoms with Crippen molar-refractivity contribution in [2.24, 2.45) is 0 Å². The number of fused-ring (bicyclic) bond motifs is 1. The van der Waals surface area contributed by atoms with Crippen molar-refractivity contribution in [1.29, 1.82) is 5.26 Å². The SMILES string of the molecule is N#Cc1cnc2ccc(C[C@H]3SC(=O)NC3=O)cc2c1-c1ccccc1. The van der Waals surface area contributed by atoms with Gasteiger partial charge in [0.25, 0.3) is 5.24 Å². The quantitative estimate of drug-likeness (QED) is 0.771. The van der Waals surface area contributed by atoms with Crippen molar-refractivity contribution in [3.63, 3.8) is 0 Å². The second-order valence-electron chi connectivity index (χ2n) is 5.96. The Hall–Kier alpha value is -3.17. The molecule has 4 rings (SSSR count). The zero-order valence-corrected chi connectivity index (χ0v) is 14.4. The Bertz CT molecular complexity index is 1070. The number of hydrogen-bond acceptors (Lipinski definition) is 5. The number of carbonyl (C=O) groups is 2. The molecule has 1 fully saturated rings. The lowest BCUT2D eigenvalue weighted by Gasteiger charge is -2.11. The molecule has 1 atom stereocenters. The molecule has 1 aliphatic rings. The summed E-state index contributed by atoms with van der Waals surface area (Å²) in [5.41, 5.74) is 3.99. The van der Waals surface area contributed by atoms with Gasteiger partial charge in [-0.25, -0.2) is 0 Å². The smallest absolute Gasteiger partial charge is 0.286 e. The number of nitriles is 1. The van der Waals surface area contributed by atoms with Crippen LogP contribution in [-0.4, -0.2) is 21.4 Å². The largest absolute Gasteiger partial charge is 0.286 e. The summed E-state index contributed by atoms with van der Waals surface area (Å²) >= 11 is 1.01. The zero-order chi connectivity index (χ0) is 18.1. The minimum absolute atomic E-state index is 0.257. The summed E-state index contributed by atoms with van der Waals surface area (Å²) in [4.78, 5) is 27.6. The molecule has 1 saturated heterocycles. The lowest BCUT2D eigenvalue weighted by molar-refractivity contribution is -0.118. The second-order valence-corrected chi connectivity index (χ2v) is 7.14. The molecule has 0 bridgehead atoms. The molecule has 126 valence electrons. The second kappa shape index (κ2) is 6.62. The van der Waals surface area contributed by atoms with Gasteiger partial charge in [-0.1, -0.05) is 48.2 Å². The molecule has 0 saturated carbocycles. The van der Waals surface area contributed by atoms with E-state index in [4.69, 9.17) is 0 Å². The van der Waals surface area contributed by atoms with Crippen LogP contribution < -0.4 is 5.32 Å². The van der Waals surface area contributed by atoms with Crippen molar-refractivity contribution in [1.82, 2.24) is 10.3 Å². The number of thioether (sulfide) groups is 1. The molecule has 2 aromatic carbocycles. The lowest BCUT2D eigenvalue weighted by atomic mass is 9.95. The third-order valence-corrected chi connectivity index (χ3v) is 5.28. The normalized spacial score (nSPS) is 16.5. The lowest BCUT2D eigenvalue weighted by Crippen LogP contribution is -2.25. The third kappa shape index (κ3) is 2.93. The van der Waals surface area contributed by atoms with Gasteiger partial charge in [0, 0.05) is 17.1 Å². The van der Waals surface area contributed by atoms with Crippen LogP contribution in [-0.2, 0) is 11.2 Å². The minimum Gasteiger partial charge on any atom is -0.286 e. The molecule has 0 radical (unpaired) electrons. The number of benzene rings is 2. The van der Waals surface area contributed by atoms with Gasteiger partial charge in [-0.05, 0) is 29.7 Å². The summed E-state index contributed by atoms with van der Waals surface area (Å²) in [6, 6.07) is 17.7. The van der Waals surface area contributed by atoms with Gasteiger partial charge >= 0.3 is 0 Å². The fourth-order valence-electron chi connectivity index (χ4n) is 3.11. The van der Waals surface area contributed by atoms with Crippen LogP contribution in [0.25, 0.3) is 22.0 Å². The summed E-state index contributed by atoms with van der Waals surface area (Å²) in [6.45, 7) is 0. The Morgan fingerprint density at radius 3 is 2.65 bits per heavy atom. The highest BCUT2D eigenvalue weighted by atomic mass is 32.2. The number of hydrogen-bond donors (Lipinski definition) is 1. The highest BCUT2D eigenvalue weighted by Crippen LogP contribution is 2.32. The summed E-state index contributed by atoms with van der Waals surface area (Å²) < 4.78 is 0.